The first-order valence-electron chi connectivity index (χ1n) is 7.43. The van der Waals surface area contributed by atoms with E-state index >= 15 is 0 Å². The standard InChI is InChI=1S/C19H17NO2S/c1-13-16(12-17(21)22)23-19(20-13)18(14-8-4-2-5-9-14)15-10-6-3-7-11-15/h2-11,18H,12H2,1H3,(H,21,22). The highest BCUT2D eigenvalue weighted by Gasteiger charge is 2.22. The fourth-order valence-corrected chi connectivity index (χ4v) is 3.86. The van der Waals surface area contributed by atoms with Crippen molar-refractivity contribution in [1.29, 1.82) is 0 Å². The van der Waals surface area contributed by atoms with Gasteiger partial charge in [0.2, 0.25) is 0 Å². The molecule has 0 saturated heterocycles. The first-order valence-corrected chi connectivity index (χ1v) is 8.24. The van der Waals surface area contributed by atoms with E-state index in [4.69, 9.17) is 5.11 Å². The third-order valence-corrected chi connectivity index (χ3v) is 4.96. The molecule has 3 rings (SSSR count). The zero-order valence-corrected chi connectivity index (χ0v) is 13.6. The summed E-state index contributed by atoms with van der Waals surface area (Å²) in [6.07, 6.45) is 0.0276. The van der Waals surface area contributed by atoms with Gasteiger partial charge in [0.05, 0.1) is 18.0 Å². The van der Waals surface area contributed by atoms with Crippen molar-refractivity contribution in [2.45, 2.75) is 19.3 Å². The Kier molecular flexibility index (Phi) is 4.53. The normalized spacial score (nSPS) is 10.9. The van der Waals surface area contributed by atoms with Gasteiger partial charge in [0.25, 0.3) is 0 Å². The number of carboxylic acid groups (broad SMARTS) is 1. The van der Waals surface area contributed by atoms with E-state index in [1.165, 1.54) is 11.3 Å². The average Bonchev–Trinajstić information content (AvgIpc) is 2.89. The Morgan fingerprint density at radius 2 is 1.57 bits per heavy atom. The van der Waals surface area contributed by atoms with E-state index in [9.17, 15) is 4.79 Å². The smallest absolute Gasteiger partial charge is 0.308 e. The summed E-state index contributed by atoms with van der Waals surface area (Å²) in [6.45, 7) is 1.88. The van der Waals surface area contributed by atoms with Crippen molar-refractivity contribution in [1.82, 2.24) is 4.98 Å². The van der Waals surface area contributed by atoms with E-state index in [0.29, 0.717) is 0 Å². The van der Waals surface area contributed by atoms with Crippen LogP contribution in [0.5, 0.6) is 0 Å². The second kappa shape index (κ2) is 6.75. The molecule has 1 heterocycles. The van der Waals surface area contributed by atoms with Crippen LogP contribution >= 0.6 is 11.3 Å². The number of aliphatic carboxylic acids is 1. The van der Waals surface area contributed by atoms with E-state index in [-0.39, 0.29) is 12.3 Å². The molecule has 0 bridgehead atoms. The van der Waals surface area contributed by atoms with Gasteiger partial charge in [-0.1, -0.05) is 60.7 Å². The van der Waals surface area contributed by atoms with E-state index < -0.39 is 5.97 Å². The number of carbonyl (C=O) groups is 1. The van der Waals surface area contributed by atoms with Gasteiger partial charge in [-0.05, 0) is 18.1 Å². The highest BCUT2D eigenvalue weighted by molar-refractivity contribution is 7.12. The number of carboxylic acids is 1. The molecule has 0 saturated carbocycles. The number of thiazole rings is 1. The van der Waals surface area contributed by atoms with Crippen LogP contribution in [0.15, 0.2) is 60.7 Å². The van der Waals surface area contributed by atoms with Crippen LogP contribution in [-0.2, 0) is 11.2 Å². The van der Waals surface area contributed by atoms with Crippen LogP contribution in [0.25, 0.3) is 0 Å². The van der Waals surface area contributed by atoms with Gasteiger partial charge in [-0.3, -0.25) is 4.79 Å². The summed E-state index contributed by atoms with van der Waals surface area (Å²) in [6, 6.07) is 20.4. The lowest BCUT2D eigenvalue weighted by Crippen LogP contribution is -2.02. The molecule has 0 fully saturated rings. The number of aryl methyl sites for hydroxylation is 1. The second-order valence-corrected chi connectivity index (χ2v) is 6.50. The predicted octanol–water partition coefficient (Wildman–Crippen LogP) is 4.26. The fraction of sp³-hybridized carbons (Fsp3) is 0.158. The summed E-state index contributed by atoms with van der Waals surface area (Å²) in [7, 11) is 0. The van der Waals surface area contributed by atoms with Crippen LogP contribution < -0.4 is 0 Å². The van der Waals surface area contributed by atoms with Gasteiger partial charge >= 0.3 is 5.97 Å². The Morgan fingerprint density at radius 3 is 2.04 bits per heavy atom. The van der Waals surface area contributed by atoms with E-state index in [2.05, 4.69) is 29.2 Å². The van der Waals surface area contributed by atoms with Crippen LogP contribution in [0.1, 0.15) is 32.6 Å². The quantitative estimate of drug-likeness (QED) is 0.763. The monoisotopic (exact) mass is 323 g/mol. The van der Waals surface area contributed by atoms with Crippen molar-refractivity contribution in [3.8, 4) is 0 Å². The SMILES string of the molecule is Cc1nc(C(c2ccccc2)c2ccccc2)sc1CC(=O)O. The topological polar surface area (TPSA) is 50.2 Å². The molecule has 0 atom stereocenters. The maximum atomic E-state index is 11.0. The lowest BCUT2D eigenvalue weighted by Gasteiger charge is -2.15. The number of hydrogen-bond acceptors (Lipinski definition) is 3. The van der Waals surface area contributed by atoms with Crippen molar-refractivity contribution in [2.75, 3.05) is 0 Å². The van der Waals surface area contributed by atoms with Crippen LogP contribution in [0.4, 0.5) is 0 Å². The molecule has 1 N–H and O–H groups in total. The molecule has 0 radical (unpaired) electrons. The van der Waals surface area contributed by atoms with Gasteiger partial charge in [-0.25, -0.2) is 4.98 Å². The maximum absolute atomic E-state index is 11.0. The van der Waals surface area contributed by atoms with Crippen LogP contribution in [0.2, 0.25) is 0 Å². The van der Waals surface area contributed by atoms with Gasteiger partial charge in [0, 0.05) is 4.88 Å². The minimum absolute atomic E-state index is 0.0276. The molecule has 0 spiro atoms. The van der Waals surface area contributed by atoms with Crippen molar-refractivity contribution in [2.24, 2.45) is 0 Å². The minimum Gasteiger partial charge on any atom is -0.481 e. The summed E-state index contributed by atoms with van der Waals surface area (Å²) in [4.78, 5) is 16.5. The lowest BCUT2D eigenvalue weighted by molar-refractivity contribution is -0.136. The summed E-state index contributed by atoms with van der Waals surface area (Å²) in [5.74, 6) is -0.789. The number of benzene rings is 2. The molecule has 0 aliphatic carbocycles. The molecule has 3 aromatic rings. The van der Waals surface area contributed by atoms with Crippen LogP contribution in [0.3, 0.4) is 0 Å². The molecular formula is C19H17NO2S. The number of rotatable bonds is 5. The molecule has 0 aliphatic rings. The second-order valence-electron chi connectivity index (χ2n) is 5.39. The number of aromatic nitrogens is 1. The summed E-state index contributed by atoms with van der Waals surface area (Å²) in [5.41, 5.74) is 3.13. The largest absolute Gasteiger partial charge is 0.481 e. The van der Waals surface area contributed by atoms with E-state index in [1.54, 1.807) is 0 Å². The van der Waals surface area contributed by atoms with Crippen molar-refractivity contribution < 1.29 is 9.90 Å². The minimum atomic E-state index is -0.820. The highest BCUT2D eigenvalue weighted by Crippen LogP contribution is 2.35. The van der Waals surface area contributed by atoms with Gasteiger partial charge in [-0.15, -0.1) is 11.3 Å². The molecule has 1 aromatic heterocycles. The number of nitrogens with zero attached hydrogens (tertiary/aromatic N) is 1. The molecule has 3 nitrogen and oxygen atoms in total. The lowest BCUT2D eigenvalue weighted by atomic mass is 9.92. The number of hydrogen-bond donors (Lipinski definition) is 1. The first-order chi connectivity index (χ1) is 11.1. The van der Waals surface area contributed by atoms with Gasteiger partial charge in [-0.2, -0.15) is 0 Å². The Bertz CT molecular complexity index is 757. The Balaban J connectivity index is 2.08. The van der Waals surface area contributed by atoms with Gasteiger partial charge in [0.15, 0.2) is 0 Å². The van der Waals surface area contributed by atoms with Crippen LogP contribution in [-0.4, -0.2) is 16.1 Å². The predicted molar refractivity (Wildman–Crippen MR) is 92.0 cm³/mol. The zero-order chi connectivity index (χ0) is 16.2. The first kappa shape index (κ1) is 15.4. The molecular weight excluding hydrogens is 306 g/mol. The molecule has 0 amide bonds. The Morgan fingerprint density at radius 1 is 1.04 bits per heavy atom. The summed E-state index contributed by atoms with van der Waals surface area (Å²) < 4.78 is 0. The molecule has 2 aromatic carbocycles. The van der Waals surface area contributed by atoms with Crippen molar-refractivity contribution in [3.05, 3.63) is 87.4 Å². The highest BCUT2D eigenvalue weighted by atomic mass is 32.1. The Hall–Kier alpha value is -2.46. The summed E-state index contributed by atoms with van der Waals surface area (Å²) >= 11 is 1.49. The average molecular weight is 323 g/mol. The van der Waals surface area contributed by atoms with Gasteiger partial charge < -0.3 is 5.11 Å². The van der Waals surface area contributed by atoms with Crippen molar-refractivity contribution in [3.63, 3.8) is 0 Å². The van der Waals surface area contributed by atoms with Crippen molar-refractivity contribution >= 4 is 17.3 Å². The van der Waals surface area contributed by atoms with E-state index in [1.807, 2.05) is 43.3 Å². The third-order valence-electron chi connectivity index (χ3n) is 3.73. The molecule has 23 heavy (non-hydrogen) atoms. The third kappa shape index (κ3) is 3.48. The van der Waals surface area contributed by atoms with Gasteiger partial charge in [0.1, 0.15) is 5.01 Å². The summed E-state index contributed by atoms with van der Waals surface area (Å²) in [5, 5.41) is 9.99. The molecule has 116 valence electrons. The molecule has 4 heteroatoms. The fourth-order valence-electron chi connectivity index (χ4n) is 2.64. The molecule has 0 unspecified atom stereocenters. The Labute approximate surface area is 139 Å². The maximum Gasteiger partial charge on any atom is 0.308 e. The zero-order valence-electron chi connectivity index (χ0n) is 12.8. The van der Waals surface area contributed by atoms with E-state index in [0.717, 1.165) is 26.7 Å². The van der Waals surface area contributed by atoms with Crippen LogP contribution in [0, 0.1) is 6.92 Å². The molecule has 0 aliphatic heterocycles.